The van der Waals surface area contributed by atoms with Crippen LogP contribution in [-0.2, 0) is 9.53 Å². The van der Waals surface area contributed by atoms with E-state index in [1.54, 1.807) is 11.8 Å². The first-order chi connectivity index (χ1) is 8.75. The molecular formula is C11H14BrN3O2S. The quantitative estimate of drug-likeness (QED) is 0.705. The van der Waals surface area contributed by atoms with Gasteiger partial charge in [-0.3, -0.25) is 9.79 Å². The van der Waals surface area contributed by atoms with Crippen LogP contribution in [0.25, 0.3) is 0 Å². The van der Waals surface area contributed by atoms with E-state index in [-0.39, 0.29) is 17.2 Å². The van der Waals surface area contributed by atoms with Gasteiger partial charge in [-0.05, 0) is 0 Å². The van der Waals surface area contributed by atoms with Gasteiger partial charge in [-0.1, -0.05) is 33.8 Å². The highest BCUT2D eigenvalue weighted by Gasteiger charge is 2.40. The number of nitrogens with zero attached hydrogens (tertiary/aromatic N) is 2. The van der Waals surface area contributed by atoms with Crippen molar-refractivity contribution in [2.75, 3.05) is 32.8 Å². The molecule has 0 spiro atoms. The number of amides is 1. The highest BCUT2D eigenvalue weighted by Crippen LogP contribution is 2.36. The molecule has 1 N–H and O–H groups in total. The highest BCUT2D eigenvalue weighted by molar-refractivity contribution is 9.11. The van der Waals surface area contributed by atoms with Gasteiger partial charge in [-0.15, -0.1) is 0 Å². The predicted octanol–water partition coefficient (Wildman–Crippen LogP) is 0.567. The van der Waals surface area contributed by atoms with Crippen LogP contribution in [0.5, 0.6) is 0 Å². The molecule has 2 atom stereocenters. The molecule has 3 rings (SSSR count). The summed E-state index contributed by atoms with van der Waals surface area (Å²) >= 11 is 5.09. The predicted molar refractivity (Wildman–Crippen MR) is 75.0 cm³/mol. The number of amidine groups is 1. The van der Waals surface area contributed by atoms with Gasteiger partial charge in [0.2, 0.25) is 5.91 Å². The molecule has 98 valence electrons. The summed E-state index contributed by atoms with van der Waals surface area (Å²) in [6, 6.07) is -0.0738. The Morgan fingerprint density at radius 2 is 2.28 bits per heavy atom. The maximum Gasteiger partial charge on any atom is 0.236 e. The number of carbonyl (C=O) groups excluding carboxylic acids is 1. The maximum absolute atomic E-state index is 12.0. The van der Waals surface area contributed by atoms with Gasteiger partial charge in [-0.2, -0.15) is 0 Å². The van der Waals surface area contributed by atoms with Gasteiger partial charge in [0.05, 0.1) is 13.2 Å². The third-order valence-electron chi connectivity index (χ3n) is 3.16. The average Bonchev–Trinajstić information content (AvgIpc) is 2.80. The fraction of sp³-hybridized carbons (Fsp3) is 0.636. The Morgan fingerprint density at radius 3 is 3.06 bits per heavy atom. The van der Waals surface area contributed by atoms with Gasteiger partial charge in [0, 0.05) is 24.1 Å². The molecule has 0 bridgehead atoms. The Kier molecular flexibility index (Phi) is 3.63. The molecule has 18 heavy (non-hydrogen) atoms. The SMILES string of the molecule is O=C1NCC=C(Br)C2N=C(N3CCOCC3)SC12. The molecule has 0 aromatic rings. The molecule has 0 radical (unpaired) electrons. The molecule has 0 aliphatic carbocycles. The van der Waals surface area contributed by atoms with Crippen LogP contribution in [-0.4, -0.2) is 60.1 Å². The number of fused-ring (bicyclic) bond motifs is 1. The van der Waals surface area contributed by atoms with Gasteiger partial charge in [-0.25, -0.2) is 0 Å². The molecule has 1 amide bonds. The zero-order chi connectivity index (χ0) is 12.5. The van der Waals surface area contributed by atoms with Crippen molar-refractivity contribution in [2.45, 2.75) is 11.3 Å². The van der Waals surface area contributed by atoms with Crippen molar-refractivity contribution in [3.05, 3.63) is 10.6 Å². The van der Waals surface area contributed by atoms with Crippen LogP contribution in [0.4, 0.5) is 0 Å². The first-order valence-electron chi connectivity index (χ1n) is 5.96. The van der Waals surface area contributed by atoms with Crippen LogP contribution in [0.1, 0.15) is 0 Å². The number of carbonyl (C=O) groups is 1. The van der Waals surface area contributed by atoms with E-state index in [9.17, 15) is 4.79 Å². The third-order valence-corrected chi connectivity index (χ3v) is 5.26. The highest BCUT2D eigenvalue weighted by atomic mass is 79.9. The smallest absolute Gasteiger partial charge is 0.236 e. The Hall–Kier alpha value is -0.530. The topological polar surface area (TPSA) is 53.9 Å². The molecule has 1 fully saturated rings. The monoisotopic (exact) mass is 331 g/mol. The summed E-state index contributed by atoms with van der Waals surface area (Å²) in [5, 5.41) is 3.71. The molecule has 3 aliphatic rings. The van der Waals surface area contributed by atoms with E-state index >= 15 is 0 Å². The van der Waals surface area contributed by atoms with Gasteiger partial charge in [0.25, 0.3) is 0 Å². The minimum absolute atomic E-state index is 0.0720. The van der Waals surface area contributed by atoms with E-state index < -0.39 is 0 Å². The summed E-state index contributed by atoms with van der Waals surface area (Å²) < 4.78 is 6.34. The number of thioether (sulfide) groups is 1. The number of rotatable bonds is 0. The summed E-state index contributed by atoms with van der Waals surface area (Å²) in [6.45, 7) is 3.76. The minimum atomic E-state index is -0.143. The summed E-state index contributed by atoms with van der Waals surface area (Å²) in [6.07, 6.45) is 1.98. The van der Waals surface area contributed by atoms with Crippen LogP contribution in [0.3, 0.4) is 0 Å². The number of hydrogen-bond donors (Lipinski definition) is 1. The second-order valence-electron chi connectivity index (χ2n) is 4.33. The van der Waals surface area contributed by atoms with Crippen molar-refractivity contribution >= 4 is 38.8 Å². The number of hydrogen-bond acceptors (Lipinski definition) is 5. The van der Waals surface area contributed by atoms with E-state index in [0.717, 1.165) is 36.0 Å². The average molecular weight is 332 g/mol. The summed E-state index contributed by atoms with van der Waals surface area (Å²) in [5.41, 5.74) is 0. The molecule has 5 nitrogen and oxygen atoms in total. The lowest BCUT2D eigenvalue weighted by molar-refractivity contribution is -0.120. The van der Waals surface area contributed by atoms with E-state index in [1.807, 2.05) is 6.08 Å². The summed E-state index contributed by atoms with van der Waals surface area (Å²) in [4.78, 5) is 18.9. The fourth-order valence-electron chi connectivity index (χ4n) is 2.18. The Bertz CT molecular complexity index is 421. The Labute approximate surface area is 118 Å². The van der Waals surface area contributed by atoms with Crippen molar-refractivity contribution in [3.8, 4) is 0 Å². The number of ether oxygens (including phenoxy) is 1. The van der Waals surface area contributed by atoms with Crippen molar-refractivity contribution < 1.29 is 9.53 Å². The molecule has 3 heterocycles. The van der Waals surface area contributed by atoms with Gasteiger partial charge in [0.1, 0.15) is 11.3 Å². The van der Waals surface area contributed by atoms with Crippen LogP contribution in [0.15, 0.2) is 15.6 Å². The normalized spacial score (nSPS) is 32.3. The number of nitrogens with one attached hydrogen (secondary N) is 1. The molecule has 7 heteroatoms. The first-order valence-corrected chi connectivity index (χ1v) is 7.63. The molecule has 3 aliphatic heterocycles. The second kappa shape index (κ2) is 5.22. The standard InChI is InChI=1S/C11H14BrN3O2S/c12-7-1-2-13-10(16)9-8(7)14-11(18-9)15-3-5-17-6-4-15/h1,8-9H,2-6H2,(H,13,16). The molecule has 2 unspecified atom stereocenters. The van der Waals surface area contributed by atoms with E-state index in [1.165, 1.54) is 0 Å². The minimum Gasteiger partial charge on any atom is -0.378 e. The van der Waals surface area contributed by atoms with Gasteiger partial charge in [0.15, 0.2) is 5.17 Å². The van der Waals surface area contributed by atoms with Gasteiger partial charge < -0.3 is 15.0 Å². The number of aliphatic imine (C=N–C) groups is 1. The number of morpholine rings is 1. The van der Waals surface area contributed by atoms with Crippen LogP contribution < -0.4 is 5.32 Å². The lowest BCUT2D eigenvalue weighted by atomic mass is 10.2. The van der Waals surface area contributed by atoms with Crippen molar-refractivity contribution in [3.63, 3.8) is 0 Å². The molecular weight excluding hydrogens is 318 g/mol. The molecule has 0 saturated carbocycles. The largest absolute Gasteiger partial charge is 0.378 e. The zero-order valence-corrected chi connectivity index (χ0v) is 12.2. The van der Waals surface area contributed by atoms with Crippen molar-refractivity contribution in [1.29, 1.82) is 0 Å². The molecule has 0 aromatic heterocycles. The zero-order valence-electron chi connectivity index (χ0n) is 9.76. The summed E-state index contributed by atoms with van der Waals surface area (Å²) in [5.74, 6) is 0.0720. The van der Waals surface area contributed by atoms with Gasteiger partial charge >= 0.3 is 0 Å². The number of halogens is 1. The first kappa shape index (κ1) is 12.5. The second-order valence-corrected chi connectivity index (χ2v) is 6.35. The van der Waals surface area contributed by atoms with Crippen molar-refractivity contribution in [2.24, 2.45) is 4.99 Å². The Morgan fingerprint density at radius 1 is 1.50 bits per heavy atom. The Balaban J connectivity index is 1.80. The molecule has 0 aromatic carbocycles. The van der Waals surface area contributed by atoms with Crippen LogP contribution >= 0.6 is 27.7 Å². The summed E-state index contributed by atoms with van der Waals surface area (Å²) in [7, 11) is 0. The van der Waals surface area contributed by atoms with Crippen LogP contribution in [0.2, 0.25) is 0 Å². The fourth-order valence-corrected chi connectivity index (χ4v) is 4.14. The molecule has 1 saturated heterocycles. The van der Waals surface area contributed by atoms with E-state index in [2.05, 4.69) is 26.1 Å². The van der Waals surface area contributed by atoms with Crippen molar-refractivity contribution in [1.82, 2.24) is 10.2 Å². The lowest BCUT2D eigenvalue weighted by Gasteiger charge is -2.28. The van der Waals surface area contributed by atoms with Crippen LogP contribution in [0, 0.1) is 0 Å². The maximum atomic E-state index is 12.0. The van der Waals surface area contributed by atoms with E-state index in [0.29, 0.717) is 6.54 Å². The van der Waals surface area contributed by atoms with E-state index in [4.69, 9.17) is 9.73 Å². The lowest BCUT2D eigenvalue weighted by Crippen LogP contribution is -2.39. The third kappa shape index (κ3) is 2.31.